The Kier molecular flexibility index (Phi) is 6.12. The van der Waals surface area contributed by atoms with Crippen LogP contribution in [0.4, 0.5) is 0 Å². The van der Waals surface area contributed by atoms with Gasteiger partial charge in [0.1, 0.15) is 18.1 Å². The van der Waals surface area contributed by atoms with Crippen LogP contribution in [0.15, 0.2) is 46.9 Å². The summed E-state index contributed by atoms with van der Waals surface area (Å²) in [6.07, 6.45) is 3.59. The molecule has 0 bridgehead atoms. The molecule has 0 aliphatic heterocycles. The van der Waals surface area contributed by atoms with Crippen molar-refractivity contribution < 1.29 is 9.47 Å². The SMILES string of the molecule is CCCCc1ccc(OCc2cc(OC)ccc2Br)cc1. The summed E-state index contributed by atoms with van der Waals surface area (Å²) in [5.74, 6) is 1.73. The number of ether oxygens (including phenoxy) is 2. The maximum absolute atomic E-state index is 5.85. The molecule has 0 atom stereocenters. The standard InChI is InChI=1S/C18H21BrO2/c1-3-4-5-14-6-8-16(9-7-14)21-13-15-12-17(20-2)10-11-18(15)19/h6-12H,3-5,13H2,1-2H3. The van der Waals surface area contributed by atoms with Crippen LogP contribution in [-0.2, 0) is 13.0 Å². The minimum absolute atomic E-state index is 0.520. The first-order valence-corrected chi connectivity index (χ1v) is 8.06. The van der Waals surface area contributed by atoms with E-state index in [-0.39, 0.29) is 0 Å². The van der Waals surface area contributed by atoms with Gasteiger partial charge in [-0.25, -0.2) is 0 Å². The molecule has 0 saturated carbocycles. The number of methoxy groups -OCH3 is 1. The summed E-state index contributed by atoms with van der Waals surface area (Å²) in [6.45, 7) is 2.73. The van der Waals surface area contributed by atoms with E-state index in [4.69, 9.17) is 9.47 Å². The summed E-state index contributed by atoms with van der Waals surface area (Å²) in [5, 5.41) is 0. The van der Waals surface area contributed by atoms with Crippen molar-refractivity contribution in [2.45, 2.75) is 32.8 Å². The molecule has 2 aromatic carbocycles. The smallest absolute Gasteiger partial charge is 0.119 e. The highest BCUT2D eigenvalue weighted by Gasteiger charge is 2.04. The molecule has 0 N–H and O–H groups in total. The Morgan fingerprint density at radius 3 is 2.38 bits per heavy atom. The van der Waals surface area contributed by atoms with E-state index in [1.54, 1.807) is 7.11 Å². The molecule has 3 heteroatoms. The van der Waals surface area contributed by atoms with Gasteiger partial charge in [0.2, 0.25) is 0 Å². The number of aryl methyl sites for hydroxylation is 1. The predicted molar refractivity (Wildman–Crippen MR) is 90.1 cm³/mol. The van der Waals surface area contributed by atoms with Gasteiger partial charge < -0.3 is 9.47 Å². The third kappa shape index (κ3) is 4.78. The highest BCUT2D eigenvalue weighted by atomic mass is 79.9. The molecule has 0 fully saturated rings. The van der Waals surface area contributed by atoms with Crippen molar-refractivity contribution in [1.29, 1.82) is 0 Å². The Hall–Kier alpha value is -1.48. The van der Waals surface area contributed by atoms with Gasteiger partial charge in [-0.3, -0.25) is 0 Å². The molecule has 0 aliphatic carbocycles. The first-order chi connectivity index (χ1) is 10.2. The molecule has 112 valence electrons. The number of hydrogen-bond acceptors (Lipinski definition) is 2. The summed E-state index contributed by atoms with van der Waals surface area (Å²) >= 11 is 3.54. The van der Waals surface area contributed by atoms with E-state index in [2.05, 4.69) is 35.0 Å². The van der Waals surface area contributed by atoms with E-state index in [1.165, 1.54) is 18.4 Å². The Balaban J connectivity index is 1.96. The van der Waals surface area contributed by atoms with Gasteiger partial charge in [-0.2, -0.15) is 0 Å². The Labute approximate surface area is 135 Å². The summed E-state index contributed by atoms with van der Waals surface area (Å²) in [7, 11) is 1.67. The monoisotopic (exact) mass is 348 g/mol. The Morgan fingerprint density at radius 2 is 1.71 bits per heavy atom. The van der Waals surface area contributed by atoms with E-state index < -0.39 is 0 Å². The molecule has 0 unspecified atom stereocenters. The van der Waals surface area contributed by atoms with Crippen LogP contribution in [0.2, 0.25) is 0 Å². The molecule has 2 nitrogen and oxygen atoms in total. The molecule has 0 aromatic heterocycles. The number of unbranched alkanes of at least 4 members (excludes halogenated alkanes) is 1. The normalized spacial score (nSPS) is 10.4. The van der Waals surface area contributed by atoms with Crippen molar-refractivity contribution in [1.82, 2.24) is 0 Å². The quantitative estimate of drug-likeness (QED) is 0.668. The first kappa shape index (κ1) is 15.9. The third-order valence-corrected chi connectivity index (χ3v) is 4.16. The summed E-state index contributed by atoms with van der Waals surface area (Å²) in [6, 6.07) is 14.3. The lowest BCUT2D eigenvalue weighted by Gasteiger charge is -2.10. The van der Waals surface area contributed by atoms with Crippen molar-refractivity contribution >= 4 is 15.9 Å². The van der Waals surface area contributed by atoms with Gasteiger partial charge in [-0.05, 0) is 48.7 Å². The molecule has 0 aliphatic rings. The van der Waals surface area contributed by atoms with E-state index in [9.17, 15) is 0 Å². The van der Waals surface area contributed by atoms with Crippen molar-refractivity contribution in [2.24, 2.45) is 0 Å². The van der Waals surface area contributed by atoms with Crippen LogP contribution in [0, 0.1) is 0 Å². The maximum Gasteiger partial charge on any atom is 0.119 e. The predicted octanol–water partition coefficient (Wildman–Crippen LogP) is 5.38. The average Bonchev–Trinajstić information content (AvgIpc) is 2.53. The van der Waals surface area contributed by atoms with E-state index in [0.29, 0.717) is 6.61 Å². The van der Waals surface area contributed by atoms with Gasteiger partial charge in [0.25, 0.3) is 0 Å². The maximum atomic E-state index is 5.85. The van der Waals surface area contributed by atoms with E-state index in [1.807, 2.05) is 30.3 Å². The topological polar surface area (TPSA) is 18.5 Å². The van der Waals surface area contributed by atoms with Gasteiger partial charge in [0, 0.05) is 10.0 Å². The van der Waals surface area contributed by atoms with Gasteiger partial charge in [0.05, 0.1) is 7.11 Å². The molecule has 0 saturated heterocycles. The van der Waals surface area contributed by atoms with Crippen LogP contribution in [0.1, 0.15) is 30.9 Å². The highest BCUT2D eigenvalue weighted by Crippen LogP contribution is 2.24. The fraction of sp³-hybridized carbons (Fsp3) is 0.333. The molecular weight excluding hydrogens is 328 g/mol. The lowest BCUT2D eigenvalue weighted by molar-refractivity contribution is 0.304. The highest BCUT2D eigenvalue weighted by molar-refractivity contribution is 9.10. The Morgan fingerprint density at radius 1 is 1.00 bits per heavy atom. The van der Waals surface area contributed by atoms with Crippen LogP contribution >= 0.6 is 15.9 Å². The molecule has 0 amide bonds. The number of hydrogen-bond donors (Lipinski definition) is 0. The lowest BCUT2D eigenvalue weighted by Crippen LogP contribution is -1.97. The lowest BCUT2D eigenvalue weighted by atomic mass is 10.1. The second-order valence-electron chi connectivity index (χ2n) is 4.99. The molecule has 21 heavy (non-hydrogen) atoms. The summed E-state index contributed by atoms with van der Waals surface area (Å²) < 4.78 is 12.1. The third-order valence-electron chi connectivity index (χ3n) is 3.39. The number of halogens is 1. The Bertz CT molecular complexity index is 564. The molecular formula is C18H21BrO2. The van der Waals surface area contributed by atoms with Crippen molar-refractivity contribution in [3.05, 3.63) is 58.1 Å². The van der Waals surface area contributed by atoms with Crippen LogP contribution < -0.4 is 9.47 Å². The molecule has 0 radical (unpaired) electrons. The van der Waals surface area contributed by atoms with Crippen molar-refractivity contribution in [3.63, 3.8) is 0 Å². The van der Waals surface area contributed by atoms with Crippen LogP contribution in [0.25, 0.3) is 0 Å². The summed E-state index contributed by atoms with van der Waals surface area (Å²) in [5.41, 5.74) is 2.44. The fourth-order valence-electron chi connectivity index (χ4n) is 2.08. The fourth-order valence-corrected chi connectivity index (χ4v) is 2.44. The minimum Gasteiger partial charge on any atom is -0.497 e. The second-order valence-corrected chi connectivity index (χ2v) is 5.85. The molecule has 0 heterocycles. The first-order valence-electron chi connectivity index (χ1n) is 7.27. The van der Waals surface area contributed by atoms with Gasteiger partial charge in [-0.1, -0.05) is 41.4 Å². The van der Waals surface area contributed by atoms with Gasteiger partial charge in [0.15, 0.2) is 0 Å². The van der Waals surface area contributed by atoms with Crippen molar-refractivity contribution in [3.8, 4) is 11.5 Å². The minimum atomic E-state index is 0.520. The molecule has 2 rings (SSSR count). The van der Waals surface area contributed by atoms with E-state index >= 15 is 0 Å². The summed E-state index contributed by atoms with van der Waals surface area (Å²) in [4.78, 5) is 0. The average molecular weight is 349 g/mol. The van der Waals surface area contributed by atoms with Crippen LogP contribution in [-0.4, -0.2) is 7.11 Å². The number of benzene rings is 2. The van der Waals surface area contributed by atoms with Gasteiger partial charge in [-0.15, -0.1) is 0 Å². The zero-order valence-electron chi connectivity index (χ0n) is 12.6. The molecule has 0 spiro atoms. The van der Waals surface area contributed by atoms with Crippen LogP contribution in [0.5, 0.6) is 11.5 Å². The van der Waals surface area contributed by atoms with E-state index in [0.717, 1.165) is 28.0 Å². The number of rotatable bonds is 7. The van der Waals surface area contributed by atoms with Gasteiger partial charge >= 0.3 is 0 Å². The molecule has 2 aromatic rings. The van der Waals surface area contributed by atoms with Crippen molar-refractivity contribution in [2.75, 3.05) is 7.11 Å². The second kappa shape index (κ2) is 8.08. The zero-order chi connectivity index (χ0) is 15.1. The van der Waals surface area contributed by atoms with Crippen LogP contribution in [0.3, 0.4) is 0 Å². The zero-order valence-corrected chi connectivity index (χ0v) is 14.2. The largest absolute Gasteiger partial charge is 0.497 e.